The highest BCUT2D eigenvalue weighted by atomic mass is 16.4. The number of likely N-dealkylation sites (tertiary alicyclic amines) is 1. The maximum absolute atomic E-state index is 11.1. The highest BCUT2D eigenvalue weighted by molar-refractivity contribution is 5.66. The molecule has 0 saturated carbocycles. The van der Waals surface area contributed by atoms with Crippen molar-refractivity contribution in [3.8, 4) is 0 Å². The van der Waals surface area contributed by atoms with Crippen molar-refractivity contribution in [1.82, 2.24) is 4.90 Å². The van der Waals surface area contributed by atoms with Gasteiger partial charge in [0.2, 0.25) is 0 Å². The van der Waals surface area contributed by atoms with Gasteiger partial charge in [0.05, 0.1) is 0 Å². The molecule has 2 atom stereocenters. The zero-order chi connectivity index (χ0) is 11.6. The third-order valence-electron chi connectivity index (χ3n) is 3.16. The summed E-state index contributed by atoms with van der Waals surface area (Å²) in [6.07, 6.45) is 0.732. The molecule has 0 spiro atoms. The fraction of sp³-hybridized carbons (Fsp3) is 0.909. The molecule has 2 N–H and O–H groups in total. The van der Waals surface area contributed by atoms with Gasteiger partial charge in [0.25, 0.3) is 0 Å². The minimum absolute atomic E-state index is 0.0298. The van der Waals surface area contributed by atoms with Crippen LogP contribution in [-0.4, -0.2) is 40.4 Å². The number of nitrogens with zero attached hydrogens (tertiary/aromatic N) is 1. The molecule has 1 unspecified atom stereocenters. The lowest BCUT2D eigenvalue weighted by Gasteiger charge is -2.37. The predicted octanol–water partition coefficient (Wildman–Crippen LogP) is 1.78. The van der Waals surface area contributed by atoms with E-state index in [4.69, 9.17) is 10.2 Å². The smallest absolute Gasteiger partial charge is 0.407 e. The largest absolute Gasteiger partial charge is 0.465 e. The molecule has 15 heavy (non-hydrogen) atoms. The zero-order valence-electron chi connectivity index (χ0n) is 9.73. The van der Waals surface area contributed by atoms with E-state index in [9.17, 15) is 4.79 Å². The van der Waals surface area contributed by atoms with Gasteiger partial charge in [-0.15, -0.1) is 0 Å². The maximum Gasteiger partial charge on any atom is 0.407 e. The highest BCUT2D eigenvalue weighted by Crippen LogP contribution is 2.38. The molecule has 1 heterocycles. The van der Waals surface area contributed by atoms with Gasteiger partial charge in [0.15, 0.2) is 0 Å². The first-order valence-electron chi connectivity index (χ1n) is 5.48. The fourth-order valence-corrected chi connectivity index (χ4v) is 2.71. The van der Waals surface area contributed by atoms with Crippen LogP contribution >= 0.6 is 0 Å². The van der Waals surface area contributed by atoms with Crippen LogP contribution in [0, 0.1) is 11.3 Å². The Morgan fingerprint density at radius 3 is 2.47 bits per heavy atom. The molecular formula is C11H21NO3. The molecule has 1 amide bonds. The lowest BCUT2D eigenvalue weighted by atomic mass is 9.78. The van der Waals surface area contributed by atoms with Gasteiger partial charge < -0.3 is 15.1 Å². The van der Waals surface area contributed by atoms with E-state index in [0.29, 0.717) is 18.9 Å². The van der Waals surface area contributed by atoms with Gasteiger partial charge in [-0.25, -0.2) is 4.79 Å². The number of hydrogen-bond donors (Lipinski definition) is 2. The normalized spacial score (nSPS) is 27.1. The van der Waals surface area contributed by atoms with E-state index < -0.39 is 6.09 Å². The lowest BCUT2D eigenvalue weighted by molar-refractivity contribution is 0.0848. The standard InChI is InChI=1S/C11H21NO3/c1-11(2,3)9-8(5-7-13)4-6-12(9)10(14)15/h8-9,13H,4-7H2,1-3H3,(H,14,15)/t8-,9?/m1/s1. The molecule has 0 aromatic heterocycles. The number of carboxylic acid groups (broad SMARTS) is 1. The third-order valence-corrected chi connectivity index (χ3v) is 3.16. The van der Waals surface area contributed by atoms with Gasteiger partial charge in [0.1, 0.15) is 0 Å². The molecule has 0 aromatic carbocycles. The molecule has 1 rings (SSSR count). The summed E-state index contributed by atoms with van der Waals surface area (Å²) in [5.74, 6) is 0.297. The Morgan fingerprint density at radius 2 is 2.07 bits per heavy atom. The first-order valence-corrected chi connectivity index (χ1v) is 5.48. The summed E-state index contributed by atoms with van der Waals surface area (Å²) in [5, 5.41) is 18.1. The Kier molecular flexibility index (Phi) is 3.60. The topological polar surface area (TPSA) is 60.8 Å². The molecule has 4 heteroatoms. The number of rotatable bonds is 2. The first kappa shape index (κ1) is 12.3. The third kappa shape index (κ3) is 2.62. The van der Waals surface area contributed by atoms with Crippen LogP contribution in [-0.2, 0) is 0 Å². The predicted molar refractivity (Wildman–Crippen MR) is 57.8 cm³/mol. The molecule has 1 saturated heterocycles. The first-order chi connectivity index (χ1) is 6.88. The van der Waals surface area contributed by atoms with Gasteiger partial charge in [-0.2, -0.15) is 0 Å². The van der Waals surface area contributed by atoms with E-state index in [0.717, 1.165) is 6.42 Å². The van der Waals surface area contributed by atoms with E-state index in [2.05, 4.69) is 20.8 Å². The number of aliphatic hydroxyl groups is 1. The van der Waals surface area contributed by atoms with Gasteiger partial charge in [-0.1, -0.05) is 20.8 Å². The number of amides is 1. The average Bonchev–Trinajstić information content (AvgIpc) is 2.47. The van der Waals surface area contributed by atoms with Gasteiger partial charge in [-0.3, -0.25) is 0 Å². The summed E-state index contributed by atoms with van der Waals surface area (Å²) in [6.45, 7) is 6.92. The molecular weight excluding hydrogens is 194 g/mol. The summed E-state index contributed by atoms with van der Waals surface area (Å²) in [6, 6.07) is 0.0298. The van der Waals surface area contributed by atoms with Crippen LogP contribution in [0.4, 0.5) is 4.79 Å². The minimum atomic E-state index is -0.838. The van der Waals surface area contributed by atoms with Crippen LogP contribution in [0.3, 0.4) is 0 Å². The van der Waals surface area contributed by atoms with Crippen LogP contribution in [0.25, 0.3) is 0 Å². The SMILES string of the molecule is CC(C)(C)C1[C@@H](CCO)CCN1C(=O)O. The molecule has 0 bridgehead atoms. The summed E-state index contributed by atoms with van der Waals surface area (Å²) >= 11 is 0. The van der Waals surface area contributed by atoms with Gasteiger partial charge >= 0.3 is 6.09 Å². The molecule has 0 radical (unpaired) electrons. The van der Waals surface area contributed by atoms with Crippen molar-refractivity contribution in [2.75, 3.05) is 13.2 Å². The van der Waals surface area contributed by atoms with Crippen LogP contribution in [0.5, 0.6) is 0 Å². The summed E-state index contributed by atoms with van der Waals surface area (Å²) in [4.78, 5) is 12.6. The lowest BCUT2D eigenvalue weighted by Crippen LogP contribution is -2.45. The number of aliphatic hydroxyl groups excluding tert-OH is 1. The van der Waals surface area contributed by atoms with Crippen molar-refractivity contribution in [2.24, 2.45) is 11.3 Å². The Hall–Kier alpha value is -0.770. The summed E-state index contributed by atoms with van der Waals surface area (Å²) < 4.78 is 0. The zero-order valence-corrected chi connectivity index (χ0v) is 9.73. The summed E-state index contributed by atoms with van der Waals surface area (Å²) in [5.41, 5.74) is -0.0608. The van der Waals surface area contributed by atoms with Crippen molar-refractivity contribution >= 4 is 6.09 Å². The monoisotopic (exact) mass is 215 g/mol. The number of carbonyl (C=O) groups is 1. The highest BCUT2D eigenvalue weighted by Gasteiger charge is 2.43. The van der Waals surface area contributed by atoms with Crippen molar-refractivity contribution in [1.29, 1.82) is 0 Å². The molecule has 1 fully saturated rings. The summed E-state index contributed by atoms with van der Waals surface area (Å²) in [7, 11) is 0. The number of hydrogen-bond acceptors (Lipinski definition) is 2. The molecule has 1 aliphatic rings. The molecule has 0 aromatic rings. The molecule has 1 aliphatic heterocycles. The maximum atomic E-state index is 11.1. The Labute approximate surface area is 90.9 Å². The van der Waals surface area contributed by atoms with Crippen LogP contribution in [0.2, 0.25) is 0 Å². The average molecular weight is 215 g/mol. The quantitative estimate of drug-likeness (QED) is 0.738. The fourth-order valence-electron chi connectivity index (χ4n) is 2.71. The molecule has 88 valence electrons. The Balaban J connectivity index is 2.83. The van der Waals surface area contributed by atoms with E-state index in [1.54, 1.807) is 0 Å². The molecule has 0 aliphatic carbocycles. The van der Waals surface area contributed by atoms with Crippen LogP contribution < -0.4 is 0 Å². The van der Waals surface area contributed by atoms with Crippen molar-refractivity contribution < 1.29 is 15.0 Å². The Bertz CT molecular complexity index is 234. The molecule has 4 nitrogen and oxygen atoms in total. The van der Waals surface area contributed by atoms with E-state index in [-0.39, 0.29) is 18.1 Å². The van der Waals surface area contributed by atoms with Crippen LogP contribution in [0.1, 0.15) is 33.6 Å². The van der Waals surface area contributed by atoms with Crippen molar-refractivity contribution in [3.05, 3.63) is 0 Å². The van der Waals surface area contributed by atoms with E-state index in [1.807, 2.05) is 0 Å². The van der Waals surface area contributed by atoms with E-state index >= 15 is 0 Å². The van der Waals surface area contributed by atoms with Crippen molar-refractivity contribution in [3.63, 3.8) is 0 Å². The second-order valence-corrected chi connectivity index (χ2v) is 5.35. The second-order valence-electron chi connectivity index (χ2n) is 5.35. The van der Waals surface area contributed by atoms with Crippen molar-refractivity contribution in [2.45, 2.75) is 39.7 Å². The van der Waals surface area contributed by atoms with Gasteiger partial charge in [-0.05, 0) is 24.2 Å². The Morgan fingerprint density at radius 1 is 1.47 bits per heavy atom. The van der Waals surface area contributed by atoms with E-state index in [1.165, 1.54) is 4.90 Å². The minimum Gasteiger partial charge on any atom is -0.465 e. The van der Waals surface area contributed by atoms with Crippen LogP contribution in [0.15, 0.2) is 0 Å². The van der Waals surface area contributed by atoms with Gasteiger partial charge in [0, 0.05) is 19.2 Å². The second kappa shape index (κ2) is 4.39.